The summed E-state index contributed by atoms with van der Waals surface area (Å²) in [5.41, 5.74) is -3.14. The van der Waals surface area contributed by atoms with Crippen LogP contribution in [0.1, 0.15) is 57.7 Å². The van der Waals surface area contributed by atoms with Gasteiger partial charge in [0.05, 0.1) is 21.0 Å². The number of aliphatic carboxylic acids is 1. The minimum Gasteiger partial charge on any atom is -0.481 e. The summed E-state index contributed by atoms with van der Waals surface area (Å²) in [7, 11) is -10.1. The Balaban J connectivity index is 2.09. The van der Waals surface area contributed by atoms with Gasteiger partial charge in [0.1, 0.15) is 28.1 Å². The number of carbonyl (C=O) groups is 2. The van der Waals surface area contributed by atoms with Gasteiger partial charge in [-0.2, -0.15) is 10.4 Å². The van der Waals surface area contributed by atoms with Gasteiger partial charge >= 0.3 is 22.2 Å². The van der Waals surface area contributed by atoms with Crippen LogP contribution in [0.2, 0.25) is 10.0 Å². The molecule has 1 aromatic carbocycles. The number of nitrogens with zero attached hydrogens (tertiary/aromatic N) is 3. The molecule has 16 heteroatoms. The quantitative estimate of drug-likeness (QED) is 0.174. The molecule has 38 heavy (non-hydrogen) atoms. The first-order valence-electron chi connectivity index (χ1n) is 11.1. The predicted octanol–water partition coefficient (Wildman–Crippen LogP) is 7.36. The summed E-state index contributed by atoms with van der Waals surface area (Å²) in [5.74, 6) is -1.90. The number of hydrogen-bond donors (Lipinski definition) is 2. The van der Waals surface area contributed by atoms with E-state index in [1.165, 1.54) is 0 Å². The Labute approximate surface area is 224 Å². The van der Waals surface area contributed by atoms with E-state index < -0.39 is 53.8 Å². The predicted molar refractivity (Wildman–Crippen MR) is 132 cm³/mol. The van der Waals surface area contributed by atoms with E-state index >= 15 is 0 Å². The lowest BCUT2D eigenvalue weighted by molar-refractivity contribution is -0.154. The Morgan fingerprint density at radius 1 is 1.21 bits per heavy atom. The molecule has 8 nitrogen and oxygen atoms in total. The number of anilines is 1. The van der Waals surface area contributed by atoms with Crippen molar-refractivity contribution in [3.8, 4) is 11.8 Å². The molecule has 1 aliphatic rings. The molecule has 1 saturated carbocycles. The number of ether oxygens (including phenoxy) is 1. The highest BCUT2D eigenvalue weighted by atomic mass is 35.5. The SMILES string of the molecule is CC(C)(C)OC(=O)CCCNc1c(C2(C(=O)O)CC2)c(C#N)nn1-c1c(Cl)cc(S(F)(F)(F)(F)F)cc1Cl. The molecule has 0 radical (unpaired) electrons. The van der Waals surface area contributed by atoms with Crippen molar-refractivity contribution in [3.05, 3.63) is 33.4 Å². The smallest absolute Gasteiger partial charge is 0.314 e. The lowest BCUT2D eigenvalue weighted by Gasteiger charge is -2.40. The van der Waals surface area contributed by atoms with E-state index in [1.807, 2.05) is 0 Å². The molecule has 0 unspecified atom stereocenters. The van der Waals surface area contributed by atoms with Crippen LogP contribution in [0.3, 0.4) is 0 Å². The molecule has 0 amide bonds. The molecule has 0 spiro atoms. The largest absolute Gasteiger partial charge is 0.481 e. The van der Waals surface area contributed by atoms with Crippen molar-refractivity contribution < 1.29 is 38.9 Å². The number of rotatable bonds is 9. The fourth-order valence-corrected chi connectivity index (χ4v) is 5.23. The van der Waals surface area contributed by atoms with Gasteiger partial charge in [-0.1, -0.05) is 42.6 Å². The molecule has 3 rings (SSSR count). The lowest BCUT2D eigenvalue weighted by Crippen LogP contribution is -2.24. The number of benzene rings is 1. The number of nitriles is 1. The molecule has 1 fully saturated rings. The van der Waals surface area contributed by atoms with Gasteiger partial charge in [0.2, 0.25) is 0 Å². The van der Waals surface area contributed by atoms with E-state index in [-0.39, 0.29) is 61.4 Å². The number of hydrogen-bond acceptors (Lipinski definition) is 6. The van der Waals surface area contributed by atoms with Crippen LogP contribution in [0.5, 0.6) is 0 Å². The summed E-state index contributed by atoms with van der Waals surface area (Å²) in [6, 6.07) is 1.75. The molecule has 0 atom stereocenters. The molecule has 0 saturated heterocycles. The van der Waals surface area contributed by atoms with E-state index in [2.05, 4.69) is 10.4 Å². The highest BCUT2D eigenvalue weighted by Gasteiger charge is 2.65. The molecule has 1 aromatic heterocycles. The molecule has 1 aliphatic carbocycles. The average molecular weight is 605 g/mol. The van der Waals surface area contributed by atoms with Gasteiger partial charge in [0.25, 0.3) is 0 Å². The van der Waals surface area contributed by atoms with E-state index in [1.54, 1.807) is 26.8 Å². The Bertz CT molecular complexity index is 1340. The molecular weight excluding hydrogens is 582 g/mol. The van der Waals surface area contributed by atoms with Gasteiger partial charge in [-0.25, -0.2) is 4.68 Å². The lowest BCUT2D eigenvalue weighted by atomic mass is 9.95. The van der Waals surface area contributed by atoms with Crippen LogP contribution < -0.4 is 5.32 Å². The van der Waals surface area contributed by atoms with Gasteiger partial charge in [-0.05, 0) is 52.2 Å². The van der Waals surface area contributed by atoms with Crippen LogP contribution in [0.25, 0.3) is 5.69 Å². The van der Waals surface area contributed by atoms with Crippen molar-refractivity contribution in [2.75, 3.05) is 11.9 Å². The van der Waals surface area contributed by atoms with Crippen LogP contribution in [0.15, 0.2) is 17.0 Å². The van der Waals surface area contributed by atoms with Gasteiger partial charge in [-0.3, -0.25) is 9.59 Å². The second-order valence-corrected chi connectivity index (χ2v) is 13.0. The second kappa shape index (κ2) is 8.89. The zero-order chi connectivity index (χ0) is 29.0. The van der Waals surface area contributed by atoms with Gasteiger partial charge in [0.15, 0.2) is 5.69 Å². The molecule has 2 N–H and O–H groups in total. The third-order valence-electron chi connectivity index (χ3n) is 5.55. The zero-order valence-corrected chi connectivity index (χ0v) is 22.6. The van der Waals surface area contributed by atoms with Gasteiger partial charge in [-0.15, -0.1) is 0 Å². The summed E-state index contributed by atoms with van der Waals surface area (Å²) in [6.45, 7) is 5.08. The van der Waals surface area contributed by atoms with Crippen molar-refractivity contribution in [1.82, 2.24) is 9.78 Å². The third kappa shape index (κ3) is 6.27. The maximum Gasteiger partial charge on any atom is 0.314 e. The van der Waals surface area contributed by atoms with Crippen LogP contribution in [0, 0.1) is 11.3 Å². The first-order valence-corrected chi connectivity index (χ1v) is 13.8. The highest BCUT2D eigenvalue weighted by Crippen LogP contribution is 3.02. The summed E-state index contributed by atoms with van der Waals surface area (Å²) < 4.78 is 72.9. The first-order chi connectivity index (χ1) is 17.1. The molecule has 1 heterocycles. The Morgan fingerprint density at radius 2 is 1.76 bits per heavy atom. The Hall–Kier alpha value is -2.76. The third-order valence-corrected chi connectivity index (χ3v) is 7.25. The topological polar surface area (TPSA) is 117 Å². The summed E-state index contributed by atoms with van der Waals surface area (Å²) in [6.07, 6.45) is 0.412. The van der Waals surface area contributed by atoms with Crippen molar-refractivity contribution >= 4 is 51.2 Å². The van der Waals surface area contributed by atoms with Crippen LogP contribution in [0.4, 0.5) is 25.2 Å². The fraction of sp³-hybridized carbons (Fsp3) is 0.455. The van der Waals surface area contributed by atoms with Gasteiger partial charge < -0.3 is 15.2 Å². The fourth-order valence-electron chi connectivity index (χ4n) is 3.77. The van der Waals surface area contributed by atoms with E-state index in [0.29, 0.717) is 0 Å². The minimum absolute atomic E-state index is 0.00586. The van der Waals surface area contributed by atoms with Crippen LogP contribution in [-0.2, 0) is 19.7 Å². The van der Waals surface area contributed by atoms with Crippen LogP contribution in [-0.4, -0.2) is 39.0 Å². The van der Waals surface area contributed by atoms with E-state index in [0.717, 1.165) is 4.68 Å². The zero-order valence-electron chi connectivity index (χ0n) is 20.3. The number of carboxylic acid groups (broad SMARTS) is 1. The second-order valence-electron chi connectivity index (χ2n) is 9.80. The van der Waals surface area contributed by atoms with E-state index in [4.69, 9.17) is 27.9 Å². The van der Waals surface area contributed by atoms with Crippen LogP contribution >= 0.6 is 33.4 Å². The number of carboxylic acids is 1. The van der Waals surface area contributed by atoms with Crippen molar-refractivity contribution in [2.45, 2.75) is 62.4 Å². The van der Waals surface area contributed by atoms with Crippen molar-refractivity contribution in [2.24, 2.45) is 0 Å². The molecular formula is C22H23Cl2F5N4O4S. The number of aromatic nitrogens is 2. The molecule has 2 aromatic rings. The molecule has 0 aliphatic heterocycles. The highest BCUT2D eigenvalue weighted by molar-refractivity contribution is 8.45. The maximum atomic E-state index is 13.4. The Kier molecular flexibility index (Phi) is 6.97. The molecule has 210 valence electrons. The van der Waals surface area contributed by atoms with Gasteiger partial charge in [0, 0.05) is 13.0 Å². The summed E-state index contributed by atoms with van der Waals surface area (Å²) >= 11 is 12.0. The normalized spacial score (nSPS) is 16.7. The number of halogens is 7. The number of carbonyl (C=O) groups excluding carboxylic acids is 1. The monoisotopic (exact) mass is 604 g/mol. The van der Waals surface area contributed by atoms with Crippen molar-refractivity contribution in [1.29, 1.82) is 5.26 Å². The molecule has 0 bridgehead atoms. The number of nitrogens with one attached hydrogen (secondary N) is 1. The summed E-state index contributed by atoms with van der Waals surface area (Å²) in [5, 5.41) is 24.6. The minimum atomic E-state index is -10.1. The first kappa shape index (κ1) is 29.8. The van der Waals surface area contributed by atoms with E-state index in [9.17, 15) is 39.4 Å². The standard InChI is InChI=1S/C22H23Cl2F5N4O4S/c1-21(2,3)37-16(34)5-4-8-31-19-17(22(6-7-22)20(35)36)15(11-30)32-33(19)18-13(23)9-12(10-14(18)24)38(25,26,27,28)29/h9-10,31H,4-8H2,1-3H3,(H,35,36). The average Bonchev–Trinajstić information content (AvgIpc) is 3.45. The van der Waals surface area contributed by atoms with Crippen molar-refractivity contribution in [3.63, 3.8) is 0 Å². The maximum absolute atomic E-state index is 13.4. The Morgan fingerprint density at radius 3 is 2.18 bits per heavy atom. The number of esters is 1. The summed E-state index contributed by atoms with van der Waals surface area (Å²) in [4.78, 5) is 21.8.